The van der Waals surface area contributed by atoms with Crippen molar-refractivity contribution in [3.63, 3.8) is 0 Å². The minimum atomic E-state index is 0. The van der Waals surface area contributed by atoms with Crippen LogP contribution in [-0.2, 0) is 21.1 Å². The summed E-state index contributed by atoms with van der Waals surface area (Å²) in [5, 5.41) is 2.29. The van der Waals surface area contributed by atoms with Crippen LogP contribution in [0.2, 0.25) is 0 Å². The zero-order chi connectivity index (χ0) is 33.3. The number of pyridine rings is 1. The predicted octanol–water partition coefficient (Wildman–Crippen LogP) is 11.5. The third-order valence-corrected chi connectivity index (χ3v) is 8.90. The first-order valence-corrected chi connectivity index (χ1v) is 16.6. The van der Waals surface area contributed by atoms with Gasteiger partial charge in [0.25, 0.3) is 5.69 Å². The second kappa shape index (κ2) is 14.0. The Balaban J connectivity index is 0.00000374. The standard InChI is InChI=1S/C46H29N3O.Pt/c1-3-14-33(15-4-1)40-24-13-25-41(34-16-5-2-6-17-34)45(40)49-32-48(44-28-27-35-18-7-8-23-42(35)46(44)49)37-20-12-22-39(31-37)50-38-21-11-19-36(30-38)43-26-9-10-29-47-43;/h1-29H;/q;+2. The molecule has 0 unspecified atom stereocenters. The maximum Gasteiger partial charge on any atom is 2.00 e. The molecular formula is C46H29N3OPt+2. The third-order valence-electron chi connectivity index (χ3n) is 8.90. The predicted molar refractivity (Wildman–Crippen MR) is 203 cm³/mol. The number of rotatable bonds is 7. The normalized spacial score (nSPS) is 11.7. The van der Waals surface area contributed by atoms with Crippen LogP contribution in [0, 0.1) is 12.1 Å². The molecule has 0 saturated heterocycles. The number of fused-ring (bicyclic) bond motifs is 3. The fourth-order valence-corrected chi connectivity index (χ4v) is 6.62. The molecule has 0 fully saturated rings. The second-order valence-electron chi connectivity index (χ2n) is 12.0. The van der Waals surface area contributed by atoms with Crippen LogP contribution < -0.4 is 13.9 Å². The van der Waals surface area contributed by atoms with Gasteiger partial charge in [0.05, 0.1) is 16.5 Å². The summed E-state index contributed by atoms with van der Waals surface area (Å²) in [7, 11) is 0. The molecule has 0 N–H and O–H groups in total. The molecular weight excluding hydrogens is 806 g/mol. The number of nitrogens with zero attached hydrogens (tertiary/aromatic N) is 3. The van der Waals surface area contributed by atoms with Crippen molar-refractivity contribution >= 4 is 39.5 Å². The number of ether oxygens (including phenoxy) is 1. The van der Waals surface area contributed by atoms with E-state index in [2.05, 4.69) is 148 Å². The van der Waals surface area contributed by atoms with Gasteiger partial charge in [0.15, 0.2) is 0 Å². The van der Waals surface area contributed by atoms with Crippen molar-refractivity contribution in [3.8, 4) is 45.0 Å². The van der Waals surface area contributed by atoms with Crippen LogP contribution >= 0.6 is 0 Å². The molecule has 1 aromatic heterocycles. The zero-order valence-corrected chi connectivity index (χ0v) is 29.6. The van der Waals surface area contributed by atoms with E-state index in [-0.39, 0.29) is 21.1 Å². The molecule has 2 heterocycles. The molecule has 0 spiro atoms. The van der Waals surface area contributed by atoms with Gasteiger partial charge in [0, 0.05) is 23.8 Å². The van der Waals surface area contributed by atoms with Crippen LogP contribution in [0.25, 0.3) is 44.3 Å². The molecule has 0 aliphatic carbocycles. The first-order valence-electron chi connectivity index (χ1n) is 16.6. The van der Waals surface area contributed by atoms with E-state index < -0.39 is 0 Å². The smallest absolute Gasteiger partial charge is 0.503 e. The zero-order valence-electron chi connectivity index (χ0n) is 27.3. The largest absolute Gasteiger partial charge is 2.00 e. The summed E-state index contributed by atoms with van der Waals surface area (Å²) in [4.78, 5) is 4.48. The molecule has 0 amide bonds. The molecule has 5 heteroatoms. The maximum atomic E-state index is 6.36. The fourth-order valence-electron chi connectivity index (χ4n) is 6.62. The van der Waals surface area contributed by atoms with E-state index in [1.54, 1.807) is 6.20 Å². The Kier molecular flexibility index (Phi) is 8.78. The molecule has 0 bridgehead atoms. The third kappa shape index (κ3) is 6.13. The van der Waals surface area contributed by atoms with Crippen LogP contribution in [0.15, 0.2) is 176 Å². The van der Waals surface area contributed by atoms with Gasteiger partial charge >= 0.3 is 32.8 Å². The minimum absolute atomic E-state index is 0. The Morgan fingerprint density at radius 1 is 0.510 bits per heavy atom. The van der Waals surface area contributed by atoms with Crippen molar-refractivity contribution in [1.29, 1.82) is 0 Å². The molecule has 0 saturated carbocycles. The topological polar surface area (TPSA) is 28.1 Å². The van der Waals surface area contributed by atoms with Crippen molar-refractivity contribution < 1.29 is 25.8 Å². The molecule has 51 heavy (non-hydrogen) atoms. The summed E-state index contributed by atoms with van der Waals surface area (Å²) in [6.45, 7) is 0. The van der Waals surface area contributed by atoms with E-state index >= 15 is 0 Å². The Labute approximate surface area is 311 Å². The quantitative estimate of drug-likeness (QED) is 0.118. The molecule has 9 rings (SSSR count). The molecule has 4 nitrogen and oxygen atoms in total. The molecule has 7 aromatic carbocycles. The van der Waals surface area contributed by atoms with E-state index in [9.17, 15) is 0 Å². The molecule has 242 valence electrons. The van der Waals surface area contributed by atoms with Gasteiger partial charge in [0.1, 0.15) is 5.69 Å². The molecule has 1 aliphatic heterocycles. The number of para-hydroxylation sites is 1. The molecule has 1 aliphatic rings. The number of aromatic nitrogens is 1. The minimum Gasteiger partial charge on any atom is -0.503 e. The number of hydrogen-bond acceptors (Lipinski definition) is 2. The Hall–Kier alpha value is -6.18. The molecule has 8 aromatic rings. The number of hydrogen-bond donors (Lipinski definition) is 0. The van der Waals surface area contributed by atoms with Crippen LogP contribution in [0.5, 0.6) is 11.5 Å². The van der Waals surface area contributed by atoms with Gasteiger partial charge in [-0.05, 0) is 57.1 Å². The Morgan fingerprint density at radius 2 is 1.16 bits per heavy atom. The SMILES string of the molecule is C1=[N+](c2[c-]c(Oc3[c-]c(-c4ccccn4)ccc3)ccc2)c2ccc3ccccc3c2[N+]=1c1c(-c2ccccc2)cccc1-c1ccccc1.[Pt+2]. The van der Waals surface area contributed by atoms with Crippen molar-refractivity contribution in [3.05, 3.63) is 188 Å². The first kappa shape index (κ1) is 32.0. The summed E-state index contributed by atoms with van der Waals surface area (Å²) in [5.41, 5.74) is 10.1. The fraction of sp³-hybridized carbons (Fsp3) is 0. The van der Waals surface area contributed by atoms with Crippen LogP contribution in [0.3, 0.4) is 0 Å². The second-order valence-corrected chi connectivity index (χ2v) is 12.0. The summed E-state index contributed by atoms with van der Waals surface area (Å²) in [6.07, 6.45) is 1.78. The Morgan fingerprint density at radius 3 is 1.88 bits per heavy atom. The molecule has 0 atom stereocenters. The van der Waals surface area contributed by atoms with E-state index in [4.69, 9.17) is 4.74 Å². The van der Waals surface area contributed by atoms with E-state index in [1.807, 2.05) is 54.6 Å². The van der Waals surface area contributed by atoms with Gasteiger partial charge in [-0.1, -0.05) is 120 Å². The summed E-state index contributed by atoms with van der Waals surface area (Å²) in [5.74, 6) is 1.17. The van der Waals surface area contributed by atoms with Gasteiger partial charge in [-0.15, -0.1) is 29.8 Å². The average Bonchev–Trinajstić information content (AvgIpc) is 3.59. The van der Waals surface area contributed by atoms with Gasteiger partial charge in [-0.3, -0.25) is 0 Å². The first-order chi connectivity index (χ1) is 24.8. The van der Waals surface area contributed by atoms with Gasteiger partial charge in [-0.25, -0.2) is 0 Å². The summed E-state index contributed by atoms with van der Waals surface area (Å²) < 4.78 is 10.7. The van der Waals surface area contributed by atoms with E-state index in [0.717, 1.165) is 67.0 Å². The summed E-state index contributed by atoms with van der Waals surface area (Å²) >= 11 is 0. The van der Waals surface area contributed by atoms with Crippen LogP contribution in [0.4, 0.5) is 22.7 Å². The van der Waals surface area contributed by atoms with Crippen molar-refractivity contribution in [2.45, 2.75) is 0 Å². The van der Waals surface area contributed by atoms with Gasteiger partial charge in [-0.2, -0.15) is 6.07 Å². The van der Waals surface area contributed by atoms with E-state index in [0.29, 0.717) is 11.5 Å². The van der Waals surface area contributed by atoms with Crippen LogP contribution in [-0.4, -0.2) is 11.0 Å². The summed E-state index contributed by atoms with van der Waals surface area (Å²) in [6, 6.07) is 68.8. The van der Waals surface area contributed by atoms with Crippen molar-refractivity contribution in [2.24, 2.45) is 0 Å². The monoisotopic (exact) mass is 834 g/mol. The van der Waals surface area contributed by atoms with Crippen molar-refractivity contribution in [2.75, 3.05) is 0 Å². The van der Waals surface area contributed by atoms with Gasteiger partial charge in [0.2, 0.25) is 5.69 Å². The number of benzene rings is 7. The average molecular weight is 835 g/mol. The van der Waals surface area contributed by atoms with Gasteiger partial charge < -0.3 is 9.72 Å². The Bertz CT molecular complexity index is 2540. The van der Waals surface area contributed by atoms with Crippen LogP contribution in [0.1, 0.15) is 0 Å². The molecule has 0 radical (unpaired) electrons. The van der Waals surface area contributed by atoms with Crippen molar-refractivity contribution in [1.82, 2.24) is 14.1 Å². The van der Waals surface area contributed by atoms with E-state index in [1.165, 1.54) is 0 Å². The maximum absolute atomic E-state index is 6.36.